The molecule has 0 amide bonds. The molecule has 0 aliphatic rings. The minimum atomic E-state index is -2.08. The summed E-state index contributed by atoms with van der Waals surface area (Å²) in [6, 6.07) is 28.1. The molecule has 0 aliphatic carbocycles. The van der Waals surface area contributed by atoms with Gasteiger partial charge in [0.1, 0.15) is 11.5 Å². The summed E-state index contributed by atoms with van der Waals surface area (Å²) in [6.07, 6.45) is 7.71. The van der Waals surface area contributed by atoms with Gasteiger partial charge in [-0.15, -0.1) is 0 Å². The van der Waals surface area contributed by atoms with Crippen molar-refractivity contribution in [2.75, 3.05) is 13.2 Å². The summed E-state index contributed by atoms with van der Waals surface area (Å²) in [6.45, 7) is 6.06. The predicted molar refractivity (Wildman–Crippen MR) is 149 cm³/mol. The molecule has 6 heteroatoms. The number of carbonyl (C=O) groups is 1. The Morgan fingerprint density at radius 3 is 1.41 bits per heavy atom. The third kappa shape index (κ3) is 12.1. The molecule has 0 unspecified atom stereocenters. The van der Waals surface area contributed by atoms with Crippen LogP contribution in [-0.4, -0.2) is 24.5 Å². The number of hydrogen-bond acceptors (Lipinski definition) is 4. The zero-order valence-corrected chi connectivity index (χ0v) is 22.9. The van der Waals surface area contributed by atoms with Gasteiger partial charge in [0.05, 0.1) is 24.1 Å². The molecule has 0 fully saturated rings. The van der Waals surface area contributed by atoms with Gasteiger partial charge in [0.15, 0.2) is 14.7 Å². The maximum absolute atomic E-state index is 8.44. The van der Waals surface area contributed by atoms with E-state index in [2.05, 4.69) is 92.7 Å². The lowest BCUT2D eigenvalue weighted by Crippen LogP contribution is -2.17. The van der Waals surface area contributed by atoms with E-state index in [0.29, 0.717) is 0 Å². The van der Waals surface area contributed by atoms with E-state index in [4.69, 9.17) is 24.5 Å². The van der Waals surface area contributed by atoms with Crippen LogP contribution in [0.2, 0.25) is 0 Å². The van der Waals surface area contributed by atoms with Crippen LogP contribution in [0, 0.1) is 0 Å². The van der Waals surface area contributed by atoms with Crippen LogP contribution in [0.1, 0.15) is 65.2 Å². The molecule has 0 heterocycles. The van der Waals surface area contributed by atoms with Crippen molar-refractivity contribution in [1.29, 1.82) is 0 Å². The molecular weight excluding hydrogens is 484 g/mol. The highest BCUT2D eigenvalue weighted by Crippen LogP contribution is 2.33. The fourth-order valence-corrected chi connectivity index (χ4v) is 5.81. The largest absolute Gasteiger partial charge is 0.565 e. The standard InChI is InChI=1S/C30H39O2S.CH2O3/c1-3-5-7-12-24-31-26-16-20-29(21-17-26)33(28-14-10-9-11-15-28)30-22-18-27(19-23-30)32-25-13-8-6-4-2;2-1(3)4/h9-11,14-23H,3-8,12-13,24-25H2,1-2H3;(H2,2,3,4)/q+1;/p-1. The predicted octanol–water partition coefficient (Wildman–Crippen LogP) is 7.59. The normalized spacial score (nSPS) is 10.5. The van der Waals surface area contributed by atoms with Crippen molar-refractivity contribution in [2.24, 2.45) is 0 Å². The first kappa shape index (κ1) is 30.1. The molecule has 5 nitrogen and oxygen atoms in total. The van der Waals surface area contributed by atoms with Gasteiger partial charge >= 0.3 is 0 Å². The quantitative estimate of drug-likeness (QED) is 0.164. The van der Waals surface area contributed by atoms with Crippen LogP contribution in [-0.2, 0) is 10.9 Å². The summed E-state index contributed by atoms with van der Waals surface area (Å²) < 4.78 is 11.9. The van der Waals surface area contributed by atoms with E-state index < -0.39 is 6.16 Å². The first-order valence-corrected chi connectivity index (χ1v) is 14.4. The van der Waals surface area contributed by atoms with Gasteiger partial charge < -0.3 is 24.5 Å². The second kappa shape index (κ2) is 18.2. The fourth-order valence-electron chi connectivity index (χ4n) is 3.75. The summed E-state index contributed by atoms with van der Waals surface area (Å²) in [5.74, 6) is 1.91. The van der Waals surface area contributed by atoms with Gasteiger partial charge in [0.2, 0.25) is 6.16 Å². The van der Waals surface area contributed by atoms with Crippen molar-refractivity contribution in [3.8, 4) is 11.5 Å². The van der Waals surface area contributed by atoms with Crippen molar-refractivity contribution in [2.45, 2.75) is 79.9 Å². The van der Waals surface area contributed by atoms with E-state index in [0.717, 1.165) is 37.6 Å². The van der Waals surface area contributed by atoms with E-state index in [1.54, 1.807) is 0 Å². The molecule has 0 saturated carbocycles. The Kier molecular flexibility index (Phi) is 14.8. The highest BCUT2D eigenvalue weighted by Gasteiger charge is 2.28. The summed E-state index contributed by atoms with van der Waals surface area (Å²) in [4.78, 5) is 12.4. The highest BCUT2D eigenvalue weighted by molar-refractivity contribution is 7.97. The Hall–Kier alpha value is -3.12. The molecule has 3 aromatic rings. The first-order valence-electron chi connectivity index (χ1n) is 13.2. The van der Waals surface area contributed by atoms with E-state index in [-0.39, 0.29) is 10.9 Å². The molecule has 200 valence electrons. The smallest absolute Gasteiger partial charge is 0.249 e. The molecule has 0 spiro atoms. The Labute approximate surface area is 224 Å². The van der Waals surface area contributed by atoms with E-state index in [1.165, 1.54) is 53.2 Å². The third-order valence-electron chi connectivity index (χ3n) is 5.63. The van der Waals surface area contributed by atoms with Crippen LogP contribution in [0.5, 0.6) is 11.5 Å². The summed E-state index contributed by atoms with van der Waals surface area (Å²) in [5.41, 5.74) is 0. The monoisotopic (exact) mass is 524 g/mol. The molecule has 37 heavy (non-hydrogen) atoms. The minimum Gasteiger partial charge on any atom is -0.565 e. The van der Waals surface area contributed by atoms with Gasteiger partial charge in [0.25, 0.3) is 0 Å². The maximum Gasteiger partial charge on any atom is 0.249 e. The zero-order valence-electron chi connectivity index (χ0n) is 22.1. The van der Waals surface area contributed by atoms with Crippen molar-refractivity contribution in [1.82, 2.24) is 0 Å². The number of unbranched alkanes of at least 4 members (excludes halogenated alkanes) is 6. The molecule has 0 atom stereocenters. The minimum absolute atomic E-state index is 0.162. The zero-order chi connectivity index (χ0) is 26.7. The van der Waals surface area contributed by atoms with Gasteiger partial charge in [-0.05, 0) is 73.5 Å². The molecule has 0 aromatic heterocycles. The third-order valence-corrected chi connectivity index (χ3v) is 7.86. The molecule has 0 radical (unpaired) electrons. The van der Waals surface area contributed by atoms with E-state index in [9.17, 15) is 0 Å². The molecule has 3 aromatic carbocycles. The fraction of sp³-hybridized carbons (Fsp3) is 0.387. The Balaban J connectivity index is 0.00000112. The topological polar surface area (TPSA) is 78.8 Å². The SMILES string of the molecule is CCCCCCOc1ccc([S+](c2ccccc2)c2ccc(OCCCCCC)cc2)cc1.O=C([O-])O. The molecule has 1 N–H and O–H groups in total. The van der Waals surface area contributed by atoms with Crippen LogP contribution in [0.4, 0.5) is 4.79 Å². The molecule has 0 saturated heterocycles. The summed E-state index contributed by atoms with van der Waals surface area (Å²) >= 11 is 0. The van der Waals surface area contributed by atoms with E-state index in [1.807, 2.05) is 0 Å². The number of ether oxygens (including phenoxy) is 2. The molecule has 0 aliphatic heterocycles. The maximum atomic E-state index is 8.44. The van der Waals surface area contributed by atoms with Crippen LogP contribution >= 0.6 is 0 Å². The molecular formula is C31H40O5S. The average molecular weight is 525 g/mol. The first-order chi connectivity index (χ1) is 18.0. The van der Waals surface area contributed by atoms with Gasteiger partial charge in [-0.2, -0.15) is 0 Å². The lowest BCUT2D eigenvalue weighted by atomic mass is 10.2. The lowest BCUT2D eigenvalue weighted by Gasteiger charge is -2.11. The van der Waals surface area contributed by atoms with E-state index >= 15 is 0 Å². The van der Waals surface area contributed by atoms with Crippen LogP contribution in [0.3, 0.4) is 0 Å². The second-order valence-electron chi connectivity index (χ2n) is 8.65. The van der Waals surface area contributed by atoms with Crippen LogP contribution in [0.15, 0.2) is 93.5 Å². The van der Waals surface area contributed by atoms with Gasteiger partial charge in [0, 0.05) is 0 Å². The molecule has 3 rings (SSSR count). The van der Waals surface area contributed by atoms with Crippen molar-refractivity contribution in [3.05, 3.63) is 78.9 Å². The van der Waals surface area contributed by atoms with Gasteiger partial charge in [-0.1, -0.05) is 70.6 Å². The summed E-state index contributed by atoms with van der Waals surface area (Å²) in [5, 5.41) is 15.3. The highest BCUT2D eigenvalue weighted by atomic mass is 32.2. The van der Waals surface area contributed by atoms with Crippen LogP contribution < -0.4 is 14.6 Å². The average Bonchev–Trinajstić information content (AvgIpc) is 2.91. The number of hydrogen-bond donors (Lipinski definition) is 1. The molecule has 0 bridgehead atoms. The Bertz CT molecular complexity index is 929. The Morgan fingerprint density at radius 2 is 1.03 bits per heavy atom. The van der Waals surface area contributed by atoms with Gasteiger partial charge in [-0.3, -0.25) is 0 Å². The lowest BCUT2D eigenvalue weighted by molar-refractivity contribution is -0.275. The second-order valence-corrected chi connectivity index (χ2v) is 10.7. The van der Waals surface area contributed by atoms with Crippen molar-refractivity contribution >= 4 is 17.1 Å². The summed E-state index contributed by atoms with van der Waals surface area (Å²) in [7, 11) is -0.162. The number of carboxylic acid groups (broad SMARTS) is 2. The van der Waals surface area contributed by atoms with Crippen LogP contribution in [0.25, 0.3) is 0 Å². The Morgan fingerprint density at radius 1 is 0.649 bits per heavy atom. The van der Waals surface area contributed by atoms with Crippen molar-refractivity contribution in [3.63, 3.8) is 0 Å². The van der Waals surface area contributed by atoms with Gasteiger partial charge in [-0.25, -0.2) is 0 Å². The number of benzene rings is 3. The number of rotatable bonds is 15. The van der Waals surface area contributed by atoms with Crippen molar-refractivity contribution < 1.29 is 24.5 Å².